The summed E-state index contributed by atoms with van der Waals surface area (Å²) in [7, 11) is 1.46. The number of amides is 1. The summed E-state index contributed by atoms with van der Waals surface area (Å²) < 4.78 is 29.7. The van der Waals surface area contributed by atoms with E-state index in [1.54, 1.807) is 18.2 Å². The van der Waals surface area contributed by atoms with E-state index in [1.807, 2.05) is 4.90 Å². The monoisotopic (exact) mass is 453 g/mol. The summed E-state index contributed by atoms with van der Waals surface area (Å²) >= 11 is 0. The van der Waals surface area contributed by atoms with Crippen molar-refractivity contribution in [2.45, 2.75) is 6.54 Å². The zero-order valence-electron chi connectivity index (χ0n) is 17.8. The second-order valence-corrected chi connectivity index (χ2v) is 7.92. The number of hydrogen-bond acceptors (Lipinski definition) is 6. The Kier molecular flexibility index (Phi) is 5.25. The maximum Gasteiger partial charge on any atom is 0.269 e. The standard InChI is InChI=1S/C22H21F2N7O2/c1-25-22(33)15-4-5-16(20(24)27-15)31-8-6-30(7-9-31)11-12-2-3-13-18-14(10-26-29-18)21(32)28-19(13)17(12)23/h2-5,10H,6-9,11H2,1H3,(H,25,33)(H,26,29)(H,28,32). The summed E-state index contributed by atoms with van der Waals surface area (Å²) in [5, 5.41) is 10.0. The molecule has 4 heterocycles. The second kappa shape index (κ2) is 8.24. The van der Waals surface area contributed by atoms with Gasteiger partial charge in [0.1, 0.15) is 5.69 Å². The molecule has 0 atom stereocenters. The summed E-state index contributed by atoms with van der Waals surface area (Å²) in [6.07, 6.45) is 1.42. The number of rotatable bonds is 4. The molecule has 33 heavy (non-hydrogen) atoms. The Balaban J connectivity index is 1.31. The third-order valence-corrected chi connectivity index (χ3v) is 6.01. The minimum Gasteiger partial charge on any atom is -0.365 e. The predicted octanol–water partition coefficient (Wildman–Crippen LogP) is 1.76. The fourth-order valence-electron chi connectivity index (χ4n) is 4.22. The molecule has 5 rings (SSSR count). The highest BCUT2D eigenvalue weighted by Gasteiger charge is 2.23. The van der Waals surface area contributed by atoms with Crippen LogP contribution < -0.4 is 15.8 Å². The van der Waals surface area contributed by atoms with Gasteiger partial charge in [-0.05, 0) is 12.1 Å². The Labute approximate surface area is 186 Å². The Hall–Kier alpha value is -3.86. The number of carbonyl (C=O) groups is 1. The molecule has 1 fully saturated rings. The smallest absolute Gasteiger partial charge is 0.269 e. The molecule has 1 saturated heterocycles. The lowest BCUT2D eigenvalue weighted by Crippen LogP contribution is -2.46. The summed E-state index contributed by atoms with van der Waals surface area (Å²) in [5.41, 5.74) is 1.08. The van der Waals surface area contributed by atoms with Crippen molar-refractivity contribution in [2.24, 2.45) is 0 Å². The highest BCUT2D eigenvalue weighted by molar-refractivity contribution is 6.02. The normalized spacial score (nSPS) is 14.8. The molecular weight excluding hydrogens is 432 g/mol. The van der Waals surface area contributed by atoms with E-state index in [0.717, 1.165) is 0 Å². The van der Waals surface area contributed by atoms with E-state index >= 15 is 4.39 Å². The number of piperazine rings is 1. The van der Waals surface area contributed by atoms with Crippen LogP contribution in [0.2, 0.25) is 0 Å². The van der Waals surface area contributed by atoms with E-state index in [9.17, 15) is 14.0 Å². The number of H-pyrrole nitrogens is 2. The minimum absolute atomic E-state index is 0.0228. The number of halogens is 2. The molecule has 11 heteroatoms. The molecule has 0 spiro atoms. The minimum atomic E-state index is -0.695. The van der Waals surface area contributed by atoms with Crippen LogP contribution >= 0.6 is 0 Å². The number of nitrogens with one attached hydrogen (secondary N) is 3. The third-order valence-electron chi connectivity index (χ3n) is 6.01. The van der Waals surface area contributed by atoms with Crippen molar-refractivity contribution < 1.29 is 13.6 Å². The van der Waals surface area contributed by atoms with Crippen LogP contribution in [0.25, 0.3) is 21.8 Å². The number of pyridine rings is 2. The number of anilines is 1. The highest BCUT2D eigenvalue weighted by atomic mass is 19.1. The van der Waals surface area contributed by atoms with Gasteiger partial charge in [-0.15, -0.1) is 0 Å². The Morgan fingerprint density at radius 1 is 1.09 bits per heavy atom. The second-order valence-electron chi connectivity index (χ2n) is 7.92. The number of fused-ring (bicyclic) bond motifs is 3. The molecule has 1 aromatic carbocycles. The first kappa shape index (κ1) is 21.0. The number of benzene rings is 1. The lowest BCUT2D eigenvalue weighted by molar-refractivity contribution is 0.0957. The average molecular weight is 453 g/mol. The van der Waals surface area contributed by atoms with Crippen molar-refractivity contribution >= 4 is 33.4 Å². The Morgan fingerprint density at radius 3 is 2.61 bits per heavy atom. The molecule has 4 aromatic rings. The van der Waals surface area contributed by atoms with Gasteiger partial charge >= 0.3 is 0 Å². The van der Waals surface area contributed by atoms with Crippen LogP contribution in [0, 0.1) is 11.8 Å². The predicted molar refractivity (Wildman–Crippen MR) is 119 cm³/mol. The quantitative estimate of drug-likeness (QED) is 0.406. The fourth-order valence-corrected chi connectivity index (χ4v) is 4.22. The van der Waals surface area contributed by atoms with Gasteiger partial charge in [0, 0.05) is 50.7 Å². The van der Waals surface area contributed by atoms with E-state index in [-0.39, 0.29) is 11.2 Å². The molecule has 0 radical (unpaired) electrons. The fraction of sp³-hybridized carbons (Fsp3) is 0.273. The van der Waals surface area contributed by atoms with Gasteiger partial charge < -0.3 is 15.2 Å². The first-order valence-electron chi connectivity index (χ1n) is 10.5. The van der Waals surface area contributed by atoms with Crippen LogP contribution in [0.4, 0.5) is 14.5 Å². The summed E-state index contributed by atoms with van der Waals surface area (Å²) in [6.45, 7) is 2.58. The molecule has 1 aliphatic heterocycles. The van der Waals surface area contributed by atoms with Crippen molar-refractivity contribution in [3.8, 4) is 0 Å². The molecule has 9 nitrogen and oxygen atoms in total. The van der Waals surface area contributed by atoms with Gasteiger partial charge in [0.05, 0.1) is 28.3 Å². The maximum atomic E-state index is 15.2. The van der Waals surface area contributed by atoms with Crippen LogP contribution in [-0.4, -0.2) is 64.2 Å². The Bertz CT molecular complexity index is 1420. The van der Waals surface area contributed by atoms with Crippen LogP contribution in [0.3, 0.4) is 0 Å². The molecule has 0 unspecified atom stereocenters. The molecule has 1 amide bonds. The van der Waals surface area contributed by atoms with Crippen LogP contribution in [0.5, 0.6) is 0 Å². The number of carbonyl (C=O) groups excluding carboxylic acids is 1. The molecule has 0 aliphatic carbocycles. The van der Waals surface area contributed by atoms with Crippen LogP contribution in [-0.2, 0) is 6.54 Å². The molecule has 1 aliphatic rings. The summed E-state index contributed by atoms with van der Waals surface area (Å²) in [4.78, 5) is 34.2. The SMILES string of the molecule is CNC(=O)c1ccc(N2CCN(Cc3ccc4c([nH]c(=O)c5cn[nH]c54)c3F)CC2)c(F)n1. The van der Waals surface area contributed by atoms with Gasteiger partial charge in [0.2, 0.25) is 5.95 Å². The van der Waals surface area contributed by atoms with Gasteiger partial charge in [-0.2, -0.15) is 9.49 Å². The van der Waals surface area contributed by atoms with Gasteiger partial charge in [0.25, 0.3) is 11.5 Å². The number of nitrogens with zero attached hydrogens (tertiary/aromatic N) is 4. The number of aromatic amines is 2. The van der Waals surface area contributed by atoms with Crippen molar-refractivity contribution in [1.82, 2.24) is 30.4 Å². The third kappa shape index (κ3) is 3.69. The topological polar surface area (TPSA) is 110 Å². The lowest BCUT2D eigenvalue weighted by Gasteiger charge is -2.36. The molecular formula is C22H21F2N7O2. The average Bonchev–Trinajstić information content (AvgIpc) is 3.32. The number of hydrogen-bond donors (Lipinski definition) is 3. The molecule has 0 saturated carbocycles. The van der Waals surface area contributed by atoms with E-state index in [2.05, 4.69) is 30.4 Å². The molecule has 3 N–H and O–H groups in total. The van der Waals surface area contributed by atoms with E-state index in [1.165, 1.54) is 19.3 Å². The van der Waals surface area contributed by atoms with E-state index < -0.39 is 23.2 Å². The molecule has 0 bridgehead atoms. The van der Waals surface area contributed by atoms with Crippen molar-refractivity contribution in [3.05, 3.63) is 63.8 Å². The zero-order valence-corrected chi connectivity index (χ0v) is 17.8. The number of aromatic nitrogens is 4. The van der Waals surface area contributed by atoms with E-state index in [4.69, 9.17) is 0 Å². The van der Waals surface area contributed by atoms with Crippen molar-refractivity contribution in [3.63, 3.8) is 0 Å². The summed E-state index contributed by atoms with van der Waals surface area (Å²) in [6, 6.07) is 6.53. The molecule has 3 aromatic heterocycles. The largest absolute Gasteiger partial charge is 0.365 e. The highest BCUT2D eigenvalue weighted by Crippen LogP contribution is 2.25. The zero-order chi connectivity index (χ0) is 23.1. The van der Waals surface area contributed by atoms with Crippen LogP contribution in [0.1, 0.15) is 16.1 Å². The van der Waals surface area contributed by atoms with Gasteiger partial charge in [-0.25, -0.2) is 9.37 Å². The first-order valence-corrected chi connectivity index (χ1v) is 10.5. The summed E-state index contributed by atoms with van der Waals surface area (Å²) in [5.74, 6) is -1.61. The van der Waals surface area contributed by atoms with Crippen LogP contribution in [0.15, 0.2) is 35.3 Å². The van der Waals surface area contributed by atoms with E-state index in [0.29, 0.717) is 60.3 Å². The maximum absolute atomic E-state index is 15.2. The van der Waals surface area contributed by atoms with Gasteiger partial charge in [0.15, 0.2) is 5.82 Å². The van der Waals surface area contributed by atoms with Gasteiger partial charge in [-0.1, -0.05) is 12.1 Å². The van der Waals surface area contributed by atoms with Gasteiger partial charge in [-0.3, -0.25) is 19.6 Å². The first-order chi connectivity index (χ1) is 16.0. The lowest BCUT2D eigenvalue weighted by atomic mass is 10.1. The van der Waals surface area contributed by atoms with Crippen molar-refractivity contribution in [2.75, 3.05) is 38.1 Å². The Morgan fingerprint density at radius 2 is 1.88 bits per heavy atom. The van der Waals surface area contributed by atoms with Crippen molar-refractivity contribution in [1.29, 1.82) is 0 Å². The molecule has 170 valence electrons.